The van der Waals surface area contributed by atoms with Crippen LogP contribution in [0.15, 0.2) is 24.4 Å². The van der Waals surface area contributed by atoms with Gasteiger partial charge in [-0.3, -0.25) is 9.89 Å². The molecule has 0 bridgehead atoms. The third-order valence-corrected chi connectivity index (χ3v) is 3.02. The maximum Gasteiger partial charge on any atom is 0.259 e. The molecule has 2 aromatic rings. The van der Waals surface area contributed by atoms with E-state index >= 15 is 0 Å². The zero-order valence-corrected chi connectivity index (χ0v) is 12.0. The summed E-state index contributed by atoms with van der Waals surface area (Å²) in [4.78, 5) is 12.1. The lowest BCUT2D eigenvalue weighted by atomic mass is 10.1. The number of aliphatic hydroxyl groups is 1. The Balaban J connectivity index is 2.12. The fourth-order valence-corrected chi connectivity index (χ4v) is 1.87. The molecule has 0 radical (unpaired) electrons. The van der Waals surface area contributed by atoms with Crippen molar-refractivity contribution in [3.8, 4) is 11.8 Å². The highest BCUT2D eigenvalue weighted by atomic mass is 16.2. The second-order valence-corrected chi connectivity index (χ2v) is 4.67. The number of benzene rings is 1. The highest BCUT2D eigenvalue weighted by Crippen LogP contribution is 2.16. The lowest BCUT2D eigenvalue weighted by Crippen LogP contribution is -2.12. The number of nitrogens with zero attached hydrogens (tertiary/aromatic N) is 1. The SMILES string of the molecule is Cc1cc(NC(=O)c2cn[nH]c2C)ccc1C#CCCO. The number of aromatic nitrogens is 2. The summed E-state index contributed by atoms with van der Waals surface area (Å²) in [5.41, 5.74) is 3.84. The van der Waals surface area contributed by atoms with Gasteiger partial charge in [-0.2, -0.15) is 5.10 Å². The van der Waals surface area contributed by atoms with Gasteiger partial charge >= 0.3 is 0 Å². The number of aromatic amines is 1. The van der Waals surface area contributed by atoms with Gasteiger partial charge in [0.25, 0.3) is 5.91 Å². The first kappa shape index (κ1) is 14.8. The molecular formula is C16H17N3O2. The molecule has 5 nitrogen and oxygen atoms in total. The van der Waals surface area contributed by atoms with Crippen LogP contribution in [0.2, 0.25) is 0 Å². The summed E-state index contributed by atoms with van der Waals surface area (Å²) in [6.45, 7) is 3.79. The van der Waals surface area contributed by atoms with Crippen molar-refractivity contribution in [2.45, 2.75) is 20.3 Å². The van der Waals surface area contributed by atoms with Crippen LogP contribution < -0.4 is 5.32 Å². The standard InChI is InChI=1S/C16H17N3O2/c1-11-9-14(7-6-13(11)5-3-4-8-20)18-16(21)15-10-17-19-12(15)2/h6-7,9-10,20H,4,8H2,1-2H3,(H,17,19)(H,18,21). The molecule has 0 aliphatic heterocycles. The van der Waals surface area contributed by atoms with E-state index in [0.717, 1.165) is 16.8 Å². The minimum Gasteiger partial charge on any atom is -0.395 e. The van der Waals surface area contributed by atoms with Crippen LogP contribution in [0.4, 0.5) is 5.69 Å². The second-order valence-electron chi connectivity index (χ2n) is 4.67. The Hall–Kier alpha value is -2.58. The van der Waals surface area contributed by atoms with E-state index in [-0.39, 0.29) is 12.5 Å². The summed E-state index contributed by atoms with van der Waals surface area (Å²) in [5, 5.41) is 18.1. The Bertz CT molecular complexity index is 708. The largest absolute Gasteiger partial charge is 0.395 e. The van der Waals surface area contributed by atoms with E-state index in [0.29, 0.717) is 17.7 Å². The van der Waals surface area contributed by atoms with E-state index in [1.54, 1.807) is 6.92 Å². The Morgan fingerprint density at radius 1 is 1.43 bits per heavy atom. The van der Waals surface area contributed by atoms with Crippen LogP contribution in [0.25, 0.3) is 0 Å². The van der Waals surface area contributed by atoms with E-state index in [1.807, 2.05) is 25.1 Å². The van der Waals surface area contributed by atoms with E-state index in [4.69, 9.17) is 5.11 Å². The van der Waals surface area contributed by atoms with Crippen molar-refractivity contribution in [2.75, 3.05) is 11.9 Å². The molecule has 1 amide bonds. The van der Waals surface area contributed by atoms with E-state index in [1.165, 1.54) is 6.20 Å². The lowest BCUT2D eigenvalue weighted by molar-refractivity contribution is 0.102. The topological polar surface area (TPSA) is 78.0 Å². The molecule has 1 aromatic heterocycles. The molecule has 3 N–H and O–H groups in total. The predicted molar refractivity (Wildman–Crippen MR) is 81.0 cm³/mol. The van der Waals surface area contributed by atoms with Gasteiger partial charge in [0.05, 0.1) is 18.4 Å². The fraction of sp³-hybridized carbons (Fsp3) is 0.250. The van der Waals surface area contributed by atoms with Gasteiger partial charge in [0.1, 0.15) is 0 Å². The van der Waals surface area contributed by atoms with Crippen molar-refractivity contribution < 1.29 is 9.90 Å². The van der Waals surface area contributed by atoms with Gasteiger partial charge in [-0.15, -0.1) is 0 Å². The molecule has 1 heterocycles. The number of amides is 1. The van der Waals surface area contributed by atoms with Gasteiger partial charge in [0.15, 0.2) is 0 Å². The first-order valence-corrected chi connectivity index (χ1v) is 6.63. The van der Waals surface area contributed by atoms with Crippen LogP contribution in [-0.4, -0.2) is 27.8 Å². The van der Waals surface area contributed by atoms with Crippen molar-refractivity contribution in [2.24, 2.45) is 0 Å². The third-order valence-electron chi connectivity index (χ3n) is 3.02. The monoisotopic (exact) mass is 283 g/mol. The van der Waals surface area contributed by atoms with Gasteiger partial charge in [-0.05, 0) is 37.6 Å². The van der Waals surface area contributed by atoms with E-state index < -0.39 is 0 Å². The minimum absolute atomic E-state index is 0.0598. The van der Waals surface area contributed by atoms with Crippen molar-refractivity contribution >= 4 is 11.6 Å². The van der Waals surface area contributed by atoms with E-state index in [2.05, 4.69) is 27.4 Å². The van der Waals surface area contributed by atoms with Crippen molar-refractivity contribution in [3.05, 3.63) is 46.8 Å². The Morgan fingerprint density at radius 2 is 2.24 bits per heavy atom. The first-order chi connectivity index (χ1) is 10.1. The molecule has 5 heteroatoms. The van der Waals surface area contributed by atoms with Gasteiger partial charge in [0.2, 0.25) is 0 Å². The number of aliphatic hydroxyl groups excluding tert-OH is 1. The molecule has 0 aliphatic carbocycles. The molecular weight excluding hydrogens is 266 g/mol. The van der Waals surface area contributed by atoms with Crippen molar-refractivity contribution in [3.63, 3.8) is 0 Å². The highest BCUT2D eigenvalue weighted by molar-refractivity contribution is 6.04. The predicted octanol–water partition coefficient (Wildman–Crippen LogP) is 2.01. The number of carbonyl (C=O) groups excluding carboxylic acids is 1. The quantitative estimate of drug-likeness (QED) is 0.754. The second kappa shape index (κ2) is 6.73. The van der Waals surface area contributed by atoms with Crippen LogP contribution in [0, 0.1) is 25.7 Å². The summed E-state index contributed by atoms with van der Waals surface area (Å²) >= 11 is 0. The molecule has 21 heavy (non-hydrogen) atoms. The van der Waals surface area contributed by atoms with E-state index in [9.17, 15) is 4.79 Å². The van der Waals surface area contributed by atoms with Crippen LogP contribution in [0.3, 0.4) is 0 Å². The summed E-state index contributed by atoms with van der Waals surface area (Å²) in [6.07, 6.45) is 1.96. The molecule has 2 rings (SSSR count). The smallest absolute Gasteiger partial charge is 0.259 e. The lowest BCUT2D eigenvalue weighted by Gasteiger charge is -2.06. The van der Waals surface area contributed by atoms with Crippen LogP contribution >= 0.6 is 0 Å². The summed E-state index contributed by atoms with van der Waals surface area (Å²) in [6, 6.07) is 5.54. The number of nitrogens with one attached hydrogen (secondary N) is 2. The zero-order valence-electron chi connectivity index (χ0n) is 12.0. The molecule has 0 saturated heterocycles. The molecule has 0 atom stereocenters. The fourth-order valence-electron chi connectivity index (χ4n) is 1.87. The average Bonchev–Trinajstić information content (AvgIpc) is 2.88. The molecule has 0 saturated carbocycles. The minimum atomic E-state index is -0.195. The number of hydrogen-bond donors (Lipinski definition) is 3. The molecule has 0 unspecified atom stereocenters. The number of H-pyrrole nitrogens is 1. The maximum atomic E-state index is 12.1. The maximum absolute atomic E-state index is 12.1. The van der Waals surface area contributed by atoms with Crippen molar-refractivity contribution in [1.82, 2.24) is 10.2 Å². The summed E-state index contributed by atoms with van der Waals surface area (Å²) in [5.74, 6) is 5.68. The van der Waals surface area contributed by atoms with Gasteiger partial charge < -0.3 is 10.4 Å². The number of carbonyl (C=O) groups is 1. The van der Waals surface area contributed by atoms with Crippen LogP contribution in [-0.2, 0) is 0 Å². The van der Waals surface area contributed by atoms with Crippen LogP contribution in [0.1, 0.15) is 33.6 Å². The molecule has 0 spiro atoms. The highest BCUT2D eigenvalue weighted by Gasteiger charge is 2.11. The average molecular weight is 283 g/mol. The summed E-state index contributed by atoms with van der Waals surface area (Å²) in [7, 11) is 0. The number of hydrogen-bond acceptors (Lipinski definition) is 3. The van der Waals surface area contributed by atoms with Crippen LogP contribution in [0.5, 0.6) is 0 Å². The van der Waals surface area contributed by atoms with Gasteiger partial charge in [-0.25, -0.2) is 0 Å². The molecule has 0 aliphatic rings. The number of anilines is 1. The van der Waals surface area contributed by atoms with Crippen molar-refractivity contribution in [1.29, 1.82) is 0 Å². The zero-order chi connectivity index (χ0) is 15.2. The molecule has 1 aromatic carbocycles. The normalized spacial score (nSPS) is 9.86. The Morgan fingerprint density at radius 3 is 2.86 bits per heavy atom. The molecule has 108 valence electrons. The summed E-state index contributed by atoms with van der Waals surface area (Å²) < 4.78 is 0. The van der Waals surface area contributed by atoms with Gasteiger partial charge in [0, 0.05) is 23.4 Å². The number of rotatable bonds is 3. The Kier molecular flexibility index (Phi) is 4.75. The van der Waals surface area contributed by atoms with Gasteiger partial charge in [-0.1, -0.05) is 11.8 Å². The Labute approximate surface area is 123 Å². The first-order valence-electron chi connectivity index (χ1n) is 6.63. The number of aryl methyl sites for hydroxylation is 2. The third kappa shape index (κ3) is 3.71. The molecule has 0 fully saturated rings.